The molecule has 59 heavy (non-hydrogen) atoms. The first-order valence-electron chi connectivity index (χ1n) is 20.0. The lowest BCUT2D eigenvalue weighted by Gasteiger charge is -2.50. The maximum absolute atomic E-state index is 13.3. The fourth-order valence-electron chi connectivity index (χ4n) is 8.77. The molecule has 4 fully saturated rings. The molecule has 7 heterocycles. The lowest BCUT2D eigenvalue weighted by atomic mass is 9.97. The van der Waals surface area contributed by atoms with Crippen molar-refractivity contribution in [3.8, 4) is 0 Å². The summed E-state index contributed by atoms with van der Waals surface area (Å²) in [6.07, 6.45) is 3.99. The molecule has 16 nitrogen and oxygen atoms in total. The van der Waals surface area contributed by atoms with Crippen molar-refractivity contribution < 1.29 is 24.0 Å². The fraction of sp³-hybridized carbons (Fsp3) is 0.415. The normalized spacial score (nSPS) is 20.8. The number of likely N-dealkylation sites (tertiary alicyclic amines) is 1. The van der Waals surface area contributed by atoms with E-state index in [1.807, 2.05) is 38.1 Å². The second-order valence-electron chi connectivity index (χ2n) is 15.7. The summed E-state index contributed by atoms with van der Waals surface area (Å²) in [5, 5.41) is 9.45. The van der Waals surface area contributed by atoms with Gasteiger partial charge in [0.2, 0.25) is 11.8 Å². The number of aromatic nitrogens is 3. The SMILES string of the molecule is Cc1nc(Nc2ncc(C(=O)Nc3c(C)cccc3Cl)s2)cc(N2CCN(C3CCN(C4CN(c5ccc6c(c5)C(=O)N(C5CCC(=O)NC5=O)C6=O)C4)CC3)CC2)n1. The number of amides is 5. The van der Waals surface area contributed by atoms with Crippen molar-refractivity contribution in [2.75, 3.05) is 72.8 Å². The summed E-state index contributed by atoms with van der Waals surface area (Å²) in [5.74, 6) is -0.112. The van der Waals surface area contributed by atoms with Gasteiger partial charge in [-0.2, -0.15) is 0 Å². The molecule has 0 saturated carbocycles. The molecule has 1 unspecified atom stereocenters. The Hall–Kier alpha value is -5.49. The minimum Gasteiger partial charge on any atom is -0.368 e. The van der Waals surface area contributed by atoms with Gasteiger partial charge < -0.3 is 20.4 Å². The summed E-state index contributed by atoms with van der Waals surface area (Å²) in [5.41, 5.74) is 2.97. The van der Waals surface area contributed by atoms with E-state index in [1.54, 1.807) is 24.4 Å². The number of nitrogens with one attached hydrogen (secondary N) is 3. The summed E-state index contributed by atoms with van der Waals surface area (Å²) >= 11 is 7.55. The van der Waals surface area contributed by atoms with Gasteiger partial charge >= 0.3 is 0 Å². The first-order chi connectivity index (χ1) is 28.5. The van der Waals surface area contributed by atoms with Gasteiger partial charge in [0.1, 0.15) is 28.4 Å². The zero-order valence-electron chi connectivity index (χ0n) is 32.7. The average molecular weight is 838 g/mol. The van der Waals surface area contributed by atoms with Crippen molar-refractivity contribution in [2.45, 2.75) is 57.7 Å². The van der Waals surface area contributed by atoms with Gasteiger partial charge in [0.25, 0.3) is 17.7 Å². The number of halogens is 1. The molecule has 4 aromatic rings. The molecule has 0 bridgehead atoms. The molecule has 1 atom stereocenters. The van der Waals surface area contributed by atoms with Crippen LogP contribution in [0.5, 0.6) is 0 Å². The van der Waals surface area contributed by atoms with Crippen LogP contribution in [0, 0.1) is 13.8 Å². The van der Waals surface area contributed by atoms with E-state index in [1.165, 1.54) is 11.3 Å². The van der Waals surface area contributed by atoms with Crippen LogP contribution in [0.1, 0.15) is 67.5 Å². The third-order valence-electron chi connectivity index (χ3n) is 12.1. The molecule has 5 aliphatic rings. The molecule has 0 radical (unpaired) electrons. The molecular weight excluding hydrogens is 794 g/mol. The highest BCUT2D eigenvalue weighted by atomic mass is 35.5. The Balaban J connectivity index is 0.736. The van der Waals surface area contributed by atoms with Crippen LogP contribution < -0.4 is 25.8 Å². The van der Waals surface area contributed by atoms with E-state index in [9.17, 15) is 24.0 Å². The summed E-state index contributed by atoms with van der Waals surface area (Å²) in [6.45, 7) is 11.1. The summed E-state index contributed by atoms with van der Waals surface area (Å²) < 4.78 is 0. The van der Waals surface area contributed by atoms with E-state index in [-0.39, 0.29) is 18.7 Å². The van der Waals surface area contributed by atoms with Crippen molar-refractivity contribution in [3.63, 3.8) is 0 Å². The number of rotatable bonds is 9. The molecule has 0 aliphatic carbocycles. The lowest BCUT2D eigenvalue weighted by molar-refractivity contribution is -0.136. The lowest BCUT2D eigenvalue weighted by Crippen LogP contribution is -2.62. The van der Waals surface area contributed by atoms with Crippen molar-refractivity contribution >= 4 is 80.6 Å². The summed E-state index contributed by atoms with van der Waals surface area (Å²) in [6, 6.07) is 12.7. The number of carbonyl (C=O) groups is 5. The second-order valence-corrected chi connectivity index (χ2v) is 17.2. The maximum Gasteiger partial charge on any atom is 0.267 e. The predicted octanol–water partition coefficient (Wildman–Crippen LogP) is 4.08. The monoisotopic (exact) mass is 837 g/mol. The number of carbonyl (C=O) groups excluding carboxylic acids is 5. The third kappa shape index (κ3) is 7.75. The van der Waals surface area contributed by atoms with Crippen LogP contribution in [0.2, 0.25) is 5.02 Å². The van der Waals surface area contributed by atoms with E-state index < -0.39 is 29.7 Å². The maximum atomic E-state index is 13.3. The van der Waals surface area contributed by atoms with Crippen molar-refractivity contribution in [1.29, 1.82) is 0 Å². The average Bonchev–Trinajstić information content (AvgIpc) is 3.77. The zero-order valence-corrected chi connectivity index (χ0v) is 34.3. The zero-order chi connectivity index (χ0) is 40.9. The molecule has 0 spiro atoms. The molecule has 5 amide bonds. The number of piperazine rings is 1. The first kappa shape index (κ1) is 39.0. The first-order valence-corrected chi connectivity index (χ1v) is 21.2. The van der Waals surface area contributed by atoms with E-state index in [2.05, 4.69) is 45.5 Å². The van der Waals surface area contributed by atoms with E-state index in [0.717, 1.165) is 87.2 Å². The molecular formula is C41H44ClN11O5S. The largest absolute Gasteiger partial charge is 0.368 e. The Kier molecular flexibility index (Phi) is 10.5. The van der Waals surface area contributed by atoms with Gasteiger partial charge in [0.05, 0.1) is 28.0 Å². The molecule has 9 rings (SSSR count). The van der Waals surface area contributed by atoms with Crippen molar-refractivity contribution in [3.05, 3.63) is 81.1 Å². The minimum atomic E-state index is -0.970. The fourth-order valence-corrected chi connectivity index (χ4v) is 9.76. The number of hydrogen-bond acceptors (Lipinski definition) is 14. The van der Waals surface area contributed by atoms with Crippen LogP contribution in [-0.4, -0.2) is 130 Å². The molecule has 5 aliphatic heterocycles. The van der Waals surface area contributed by atoms with Crippen LogP contribution in [0.15, 0.2) is 48.7 Å². The topological polar surface area (TPSA) is 176 Å². The van der Waals surface area contributed by atoms with E-state index >= 15 is 0 Å². The Morgan fingerprint density at radius 1 is 0.847 bits per heavy atom. The Bertz CT molecular complexity index is 2330. The van der Waals surface area contributed by atoms with Crippen molar-refractivity contribution in [2.24, 2.45) is 0 Å². The Morgan fingerprint density at radius 2 is 1.59 bits per heavy atom. The number of hydrogen-bond donors (Lipinski definition) is 3. The highest BCUT2D eigenvalue weighted by Crippen LogP contribution is 2.34. The number of thiazole rings is 1. The van der Waals surface area contributed by atoms with Crippen LogP contribution in [-0.2, 0) is 9.59 Å². The van der Waals surface area contributed by atoms with Gasteiger partial charge in [-0.3, -0.25) is 44.0 Å². The van der Waals surface area contributed by atoms with Crippen LogP contribution in [0.25, 0.3) is 0 Å². The summed E-state index contributed by atoms with van der Waals surface area (Å²) in [7, 11) is 0. The molecule has 4 saturated heterocycles. The van der Waals surface area contributed by atoms with Gasteiger partial charge in [0.15, 0.2) is 5.13 Å². The van der Waals surface area contributed by atoms with Crippen LogP contribution in [0.4, 0.5) is 28.1 Å². The minimum absolute atomic E-state index is 0.0938. The smallest absolute Gasteiger partial charge is 0.267 e. The molecule has 3 N–H and O–H groups in total. The van der Waals surface area contributed by atoms with Gasteiger partial charge in [-0.05, 0) is 62.9 Å². The van der Waals surface area contributed by atoms with Crippen molar-refractivity contribution in [1.82, 2.24) is 35.0 Å². The number of fused-ring (bicyclic) bond motifs is 1. The molecule has 2 aromatic heterocycles. The number of benzene rings is 2. The number of imide groups is 2. The van der Waals surface area contributed by atoms with Gasteiger partial charge in [0, 0.05) is 82.6 Å². The molecule has 18 heteroatoms. The van der Waals surface area contributed by atoms with Gasteiger partial charge in [-0.25, -0.2) is 15.0 Å². The van der Waals surface area contributed by atoms with Crippen LogP contribution in [0.3, 0.4) is 0 Å². The number of anilines is 5. The second kappa shape index (κ2) is 15.9. The quantitative estimate of drug-likeness (QED) is 0.206. The molecule has 2 aromatic carbocycles. The number of para-hydroxylation sites is 1. The molecule has 306 valence electrons. The van der Waals surface area contributed by atoms with Gasteiger partial charge in [-0.15, -0.1) is 0 Å². The van der Waals surface area contributed by atoms with E-state index in [0.29, 0.717) is 55.6 Å². The predicted molar refractivity (Wildman–Crippen MR) is 224 cm³/mol. The number of aryl methyl sites for hydroxylation is 2. The van der Waals surface area contributed by atoms with E-state index in [4.69, 9.17) is 16.6 Å². The summed E-state index contributed by atoms with van der Waals surface area (Å²) in [4.78, 5) is 88.4. The Morgan fingerprint density at radius 3 is 2.34 bits per heavy atom. The van der Waals surface area contributed by atoms with Crippen LogP contribution >= 0.6 is 22.9 Å². The highest BCUT2D eigenvalue weighted by Gasteiger charge is 2.45. The Labute approximate surface area is 349 Å². The third-order valence-corrected chi connectivity index (χ3v) is 13.3. The number of piperidine rings is 2. The number of nitrogens with zero attached hydrogens (tertiary/aromatic N) is 8. The standard InChI is InChI=1S/C41H44ClN11O5S/c1-23-4-3-5-30(42)36(23)48-38(56)32-20-43-41(59-32)46-33-19-34(45-24(2)44-33)51-16-14-50(15-17-51)25-10-12-49(13-11-25)27-21-52(22-27)26-6-7-28-29(18-26)40(58)53(39(28)57)31-8-9-35(54)47-37(31)55/h3-7,18-20,25,27,31H,8-17,21-22H2,1-2H3,(H,48,56)(H,47,54,55)(H,43,44,45,46). The van der Waals surface area contributed by atoms with Gasteiger partial charge in [-0.1, -0.05) is 35.1 Å². The highest BCUT2D eigenvalue weighted by molar-refractivity contribution is 7.17.